The molecule has 1 aliphatic heterocycles. The molecule has 0 aromatic heterocycles. The molecule has 2 atom stereocenters. The van der Waals surface area contributed by atoms with Crippen LogP contribution >= 0.6 is 0 Å². The number of hydrogen-bond acceptors (Lipinski definition) is 1. The third-order valence-electron chi connectivity index (χ3n) is 3.17. The smallest absolute Gasteiger partial charge is 0.119 e. The van der Waals surface area contributed by atoms with Gasteiger partial charge in [0, 0.05) is 0 Å². The molecule has 0 saturated carbocycles. The molecule has 0 aromatic carbocycles. The van der Waals surface area contributed by atoms with E-state index in [1.165, 1.54) is 5.57 Å². The lowest BCUT2D eigenvalue weighted by Crippen LogP contribution is -2.21. The summed E-state index contributed by atoms with van der Waals surface area (Å²) in [5, 5.41) is 0. The molecule has 0 radical (unpaired) electrons. The molecule has 1 aliphatic carbocycles. The van der Waals surface area contributed by atoms with Crippen molar-refractivity contribution in [3.63, 3.8) is 0 Å². The summed E-state index contributed by atoms with van der Waals surface area (Å²) in [5.41, 5.74) is 1.47. The van der Waals surface area contributed by atoms with E-state index in [-0.39, 0.29) is 5.60 Å². The summed E-state index contributed by atoms with van der Waals surface area (Å²) in [6.07, 6.45) is 7.12. The maximum Gasteiger partial charge on any atom is 0.119 e. The molecule has 2 unspecified atom stereocenters. The van der Waals surface area contributed by atoms with Crippen LogP contribution < -0.4 is 0 Å². The Labute approximate surface area is 80.5 Å². The van der Waals surface area contributed by atoms with Gasteiger partial charge in [0.25, 0.3) is 0 Å². The van der Waals surface area contributed by atoms with Gasteiger partial charge in [-0.3, -0.25) is 0 Å². The quantitative estimate of drug-likeness (QED) is 0.592. The topological polar surface area (TPSA) is 12.5 Å². The van der Waals surface area contributed by atoms with Gasteiger partial charge in [0.15, 0.2) is 0 Å². The van der Waals surface area contributed by atoms with Gasteiger partial charge in [0.2, 0.25) is 0 Å². The monoisotopic (exact) mass is 178 g/mol. The lowest BCUT2D eigenvalue weighted by Gasteiger charge is -2.16. The van der Waals surface area contributed by atoms with E-state index >= 15 is 0 Å². The Morgan fingerprint density at radius 2 is 2.00 bits per heavy atom. The van der Waals surface area contributed by atoms with Crippen LogP contribution in [0.15, 0.2) is 23.8 Å². The highest BCUT2D eigenvalue weighted by atomic mass is 16.6. The van der Waals surface area contributed by atoms with E-state index in [1.807, 2.05) is 0 Å². The van der Waals surface area contributed by atoms with Gasteiger partial charge in [-0.25, -0.2) is 0 Å². The second kappa shape index (κ2) is 2.71. The van der Waals surface area contributed by atoms with Crippen LogP contribution in [0.5, 0.6) is 0 Å². The molecule has 13 heavy (non-hydrogen) atoms. The first kappa shape index (κ1) is 9.01. The van der Waals surface area contributed by atoms with Gasteiger partial charge >= 0.3 is 0 Å². The SMILES string of the molecule is CC(C)C1=CC2OC2(C(C)C)C=C1. The zero-order valence-corrected chi connectivity index (χ0v) is 8.87. The first-order chi connectivity index (χ1) is 6.06. The molecule has 0 aromatic rings. The molecule has 0 bridgehead atoms. The van der Waals surface area contributed by atoms with Crippen molar-refractivity contribution in [3.8, 4) is 0 Å². The molecule has 1 nitrogen and oxygen atoms in total. The van der Waals surface area contributed by atoms with Crippen LogP contribution in [0, 0.1) is 11.8 Å². The molecule has 0 spiro atoms. The van der Waals surface area contributed by atoms with E-state index in [2.05, 4.69) is 45.9 Å². The van der Waals surface area contributed by atoms with Gasteiger partial charge in [-0.2, -0.15) is 0 Å². The number of rotatable bonds is 2. The van der Waals surface area contributed by atoms with E-state index in [0.717, 1.165) is 0 Å². The molecule has 1 heteroatoms. The van der Waals surface area contributed by atoms with Gasteiger partial charge in [-0.1, -0.05) is 33.8 Å². The van der Waals surface area contributed by atoms with Crippen molar-refractivity contribution in [1.82, 2.24) is 0 Å². The number of fused-ring (bicyclic) bond motifs is 1. The molecule has 2 aliphatic rings. The zero-order chi connectivity index (χ0) is 9.64. The fraction of sp³-hybridized carbons (Fsp3) is 0.667. The third kappa shape index (κ3) is 1.26. The zero-order valence-electron chi connectivity index (χ0n) is 8.87. The summed E-state index contributed by atoms with van der Waals surface area (Å²) < 4.78 is 5.74. The van der Waals surface area contributed by atoms with Crippen LogP contribution in [0.4, 0.5) is 0 Å². The Kier molecular flexibility index (Phi) is 1.88. The predicted octanol–water partition coefficient (Wildman–Crippen LogP) is 2.93. The average molecular weight is 178 g/mol. The average Bonchev–Trinajstić information content (AvgIpc) is 2.77. The fourth-order valence-electron chi connectivity index (χ4n) is 1.98. The van der Waals surface area contributed by atoms with E-state index < -0.39 is 0 Å². The van der Waals surface area contributed by atoms with Gasteiger partial charge in [0.1, 0.15) is 11.7 Å². The third-order valence-corrected chi connectivity index (χ3v) is 3.17. The van der Waals surface area contributed by atoms with E-state index in [9.17, 15) is 0 Å². The summed E-state index contributed by atoms with van der Waals surface area (Å²) in [5.74, 6) is 1.20. The highest BCUT2D eigenvalue weighted by molar-refractivity contribution is 5.38. The Morgan fingerprint density at radius 3 is 2.46 bits per heavy atom. The second-order valence-corrected chi connectivity index (χ2v) is 4.70. The fourth-order valence-corrected chi connectivity index (χ4v) is 1.98. The van der Waals surface area contributed by atoms with Gasteiger partial charge in [-0.05, 0) is 29.6 Å². The molecule has 0 amide bonds. The Balaban J connectivity index is 2.16. The standard InChI is InChI=1S/C12H18O/c1-8(2)10-5-6-12(9(3)4)11(7-10)13-12/h5-9,11H,1-4H3. The van der Waals surface area contributed by atoms with Crippen LogP contribution in [0.25, 0.3) is 0 Å². The van der Waals surface area contributed by atoms with Gasteiger partial charge < -0.3 is 4.74 Å². The lowest BCUT2D eigenvalue weighted by atomic mass is 9.85. The van der Waals surface area contributed by atoms with Crippen molar-refractivity contribution in [2.45, 2.75) is 39.4 Å². The Morgan fingerprint density at radius 1 is 1.31 bits per heavy atom. The minimum Gasteiger partial charge on any atom is -0.357 e. The van der Waals surface area contributed by atoms with Crippen molar-refractivity contribution in [2.24, 2.45) is 11.8 Å². The number of hydrogen-bond donors (Lipinski definition) is 0. The van der Waals surface area contributed by atoms with Gasteiger partial charge in [0.05, 0.1) is 0 Å². The summed E-state index contributed by atoms with van der Waals surface area (Å²) in [4.78, 5) is 0. The minimum atomic E-state index is 0.0540. The van der Waals surface area contributed by atoms with Crippen molar-refractivity contribution >= 4 is 0 Å². The maximum atomic E-state index is 5.74. The molecule has 2 rings (SSSR count). The minimum absolute atomic E-state index is 0.0540. The van der Waals surface area contributed by atoms with Crippen LogP contribution in [0.1, 0.15) is 27.7 Å². The van der Waals surface area contributed by atoms with Crippen LogP contribution in [0.2, 0.25) is 0 Å². The highest BCUT2D eigenvalue weighted by Crippen LogP contribution is 2.48. The van der Waals surface area contributed by atoms with Crippen molar-refractivity contribution < 1.29 is 4.74 Å². The number of epoxide rings is 1. The summed E-state index contributed by atoms with van der Waals surface area (Å²) in [6.45, 7) is 8.89. The summed E-state index contributed by atoms with van der Waals surface area (Å²) in [6, 6.07) is 0. The highest BCUT2D eigenvalue weighted by Gasteiger charge is 2.56. The van der Waals surface area contributed by atoms with E-state index in [1.54, 1.807) is 0 Å². The number of ether oxygens (including phenoxy) is 1. The molecule has 72 valence electrons. The van der Waals surface area contributed by atoms with Crippen molar-refractivity contribution in [1.29, 1.82) is 0 Å². The molecule has 0 N–H and O–H groups in total. The first-order valence-electron chi connectivity index (χ1n) is 5.15. The second-order valence-electron chi connectivity index (χ2n) is 4.70. The molecular weight excluding hydrogens is 160 g/mol. The normalized spacial score (nSPS) is 36.5. The molecule has 1 fully saturated rings. The van der Waals surface area contributed by atoms with E-state index in [4.69, 9.17) is 4.74 Å². The Bertz CT molecular complexity index is 273. The van der Waals surface area contributed by atoms with Crippen LogP contribution in [-0.4, -0.2) is 11.7 Å². The molecular formula is C12H18O. The summed E-state index contributed by atoms with van der Waals surface area (Å²) >= 11 is 0. The Hall–Kier alpha value is -0.560. The molecule has 1 saturated heterocycles. The predicted molar refractivity (Wildman–Crippen MR) is 54.5 cm³/mol. The number of allylic oxidation sites excluding steroid dienone is 2. The van der Waals surface area contributed by atoms with Gasteiger partial charge in [-0.15, -0.1) is 0 Å². The van der Waals surface area contributed by atoms with Crippen molar-refractivity contribution in [2.75, 3.05) is 0 Å². The van der Waals surface area contributed by atoms with Crippen LogP contribution in [0.3, 0.4) is 0 Å². The lowest BCUT2D eigenvalue weighted by molar-refractivity contribution is 0.285. The van der Waals surface area contributed by atoms with E-state index in [0.29, 0.717) is 17.9 Å². The first-order valence-corrected chi connectivity index (χ1v) is 5.15. The molecule has 1 heterocycles. The largest absolute Gasteiger partial charge is 0.357 e. The maximum absolute atomic E-state index is 5.74. The van der Waals surface area contributed by atoms with Crippen molar-refractivity contribution in [3.05, 3.63) is 23.8 Å². The summed E-state index contributed by atoms with van der Waals surface area (Å²) in [7, 11) is 0. The van der Waals surface area contributed by atoms with Crippen LogP contribution in [-0.2, 0) is 4.74 Å².